The van der Waals surface area contributed by atoms with Gasteiger partial charge in [-0.1, -0.05) is 12.1 Å². The first kappa shape index (κ1) is 20.6. The topological polar surface area (TPSA) is 60.0 Å². The summed E-state index contributed by atoms with van der Waals surface area (Å²) in [4.78, 5) is 14.1. The van der Waals surface area contributed by atoms with Crippen LogP contribution in [0.3, 0.4) is 0 Å². The van der Waals surface area contributed by atoms with Crippen LogP contribution in [0.5, 0.6) is 11.5 Å². The Hall–Kier alpha value is -2.68. The fourth-order valence-electron chi connectivity index (χ4n) is 2.82. The van der Waals surface area contributed by atoms with E-state index < -0.39 is 18.6 Å². The summed E-state index contributed by atoms with van der Waals surface area (Å²) in [6.07, 6.45) is 1.65. The van der Waals surface area contributed by atoms with E-state index >= 15 is 0 Å². The Morgan fingerprint density at radius 1 is 1.41 bits per heavy atom. The zero-order valence-corrected chi connectivity index (χ0v) is 15.9. The zero-order valence-electron chi connectivity index (χ0n) is 15.1. The Bertz CT molecular complexity index is 783. The van der Waals surface area contributed by atoms with Crippen LogP contribution in [-0.4, -0.2) is 43.4 Å². The molecule has 6 nitrogen and oxygen atoms in total. The number of methoxy groups -OCH3 is 2. The minimum atomic E-state index is -3.02. The lowest BCUT2D eigenvalue weighted by atomic mass is 9.94. The van der Waals surface area contributed by atoms with Gasteiger partial charge in [-0.2, -0.15) is 8.78 Å². The Morgan fingerprint density at radius 3 is 2.67 bits per heavy atom. The van der Waals surface area contributed by atoms with E-state index in [1.54, 1.807) is 24.0 Å². The average Bonchev–Trinajstić information content (AvgIpc) is 2.63. The summed E-state index contributed by atoms with van der Waals surface area (Å²) in [6.45, 7) is 2.79. The molecule has 0 amide bonds. The molecule has 9 heteroatoms. The van der Waals surface area contributed by atoms with Gasteiger partial charge in [-0.15, -0.1) is 6.58 Å². The molecule has 1 atom stereocenters. The summed E-state index contributed by atoms with van der Waals surface area (Å²) in [5.74, 6) is -0.562. The molecule has 2 rings (SSSR count). The third-order valence-electron chi connectivity index (χ3n) is 4.05. The highest BCUT2D eigenvalue weighted by Gasteiger charge is 2.34. The second-order valence-electron chi connectivity index (χ2n) is 5.56. The number of allylic oxidation sites excluding steroid dienone is 1. The van der Waals surface area contributed by atoms with Crippen molar-refractivity contribution in [2.75, 3.05) is 20.8 Å². The van der Waals surface area contributed by atoms with Crippen LogP contribution in [0.25, 0.3) is 0 Å². The van der Waals surface area contributed by atoms with Crippen molar-refractivity contribution in [1.82, 2.24) is 10.2 Å². The molecule has 1 N–H and O–H groups in total. The van der Waals surface area contributed by atoms with Crippen molar-refractivity contribution in [3.05, 3.63) is 47.7 Å². The number of esters is 1. The van der Waals surface area contributed by atoms with Crippen LogP contribution in [0.15, 0.2) is 42.1 Å². The van der Waals surface area contributed by atoms with E-state index in [9.17, 15) is 13.6 Å². The van der Waals surface area contributed by atoms with Crippen LogP contribution < -0.4 is 14.8 Å². The van der Waals surface area contributed by atoms with Crippen LogP contribution in [0.1, 0.15) is 18.5 Å². The minimum Gasteiger partial charge on any atom is -0.493 e. The molecule has 0 radical (unpaired) electrons. The van der Waals surface area contributed by atoms with Crippen molar-refractivity contribution in [3.63, 3.8) is 0 Å². The van der Waals surface area contributed by atoms with Crippen molar-refractivity contribution < 1.29 is 27.8 Å². The lowest BCUT2D eigenvalue weighted by molar-refractivity contribution is -0.136. The number of carbonyl (C=O) groups excluding carboxylic acids is 1. The normalized spacial score (nSPS) is 16.9. The van der Waals surface area contributed by atoms with Crippen LogP contribution in [0.2, 0.25) is 0 Å². The molecule has 0 aromatic heterocycles. The molecule has 0 spiro atoms. The number of nitrogens with zero attached hydrogens (tertiary/aromatic N) is 1. The fraction of sp³-hybridized carbons (Fsp3) is 0.333. The molecule has 1 aromatic carbocycles. The molecule has 1 heterocycles. The second-order valence-corrected chi connectivity index (χ2v) is 5.95. The summed E-state index contributed by atoms with van der Waals surface area (Å²) in [6, 6.07) is 3.80. The second kappa shape index (κ2) is 8.81. The van der Waals surface area contributed by atoms with E-state index in [0.29, 0.717) is 28.5 Å². The lowest BCUT2D eigenvalue weighted by Crippen LogP contribution is -2.47. The standard InChI is InChI=1S/C18H20F2N2O4S/c1-5-8-22-10(2)14(16(23)25-4)15(21-18(22)27)11-6-7-12(24-3)13(9-11)26-17(19)20/h5-7,9,15,17H,1,8H2,2-4H3,(H,21,27)/t15-/m0/s1. The number of halogens is 2. The average molecular weight is 398 g/mol. The third kappa shape index (κ3) is 4.36. The van der Waals surface area contributed by atoms with Crippen molar-refractivity contribution in [1.29, 1.82) is 0 Å². The first-order valence-electron chi connectivity index (χ1n) is 7.94. The minimum absolute atomic E-state index is 0.144. The summed E-state index contributed by atoms with van der Waals surface area (Å²) in [5.41, 5.74) is 1.38. The molecule has 0 aliphatic carbocycles. The Balaban J connectivity index is 2.56. The van der Waals surface area contributed by atoms with Gasteiger partial charge in [-0.25, -0.2) is 4.79 Å². The first-order valence-corrected chi connectivity index (χ1v) is 8.35. The summed E-state index contributed by atoms with van der Waals surface area (Å²) < 4.78 is 39.9. The molecule has 1 aliphatic rings. The number of alkyl halides is 2. The molecule has 146 valence electrons. The smallest absolute Gasteiger partial charge is 0.387 e. The van der Waals surface area contributed by atoms with Gasteiger partial charge in [0.15, 0.2) is 16.6 Å². The highest BCUT2D eigenvalue weighted by molar-refractivity contribution is 7.80. The predicted octanol–water partition coefficient (Wildman–Crippen LogP) is 3.16. The first-order chi connectivity index (χ1) is 12.8. The number of benzene rings is 1. The van der Waals surface area contributed by atoms with E-state index in [0.717, 1.165) is 0 Å². The third-order valence-corrected chi connectivity index (χ3v) is 4.39. The maximum absolute atomic E-state index is 12.7. The molecule has 0 saturated heterocycles. The Labute approximate surface area is 161 Å². The lowest BCUT2D eigenvalue weighted by Gasteiger charge is -2.37. The number of thiocarbonyl (C=S) groups is 1. The quantitative estimate of drug-likeness (QED) is 0.430. The number of hydrogen-bond acceptors (Lipinski definition) is 5. The SMILES string of the molecule is C=CCN1C(=S)N[C@@H](c2ccc(OC)c(OC(F)F)c2)C(C(=O)OC)=C1C. The van der Waals surface area contributed by atoms with Gasteiger partial charge < -0.3 is 24.4 Å². The van der Waals surface area contributed by atoms with Gasteiger partial charge in [0.05, 0.1) is 25.8 Å². The van der Waals surface area contributed by atoms with Crippen LogP contribution in [0.4, 0.5) is 8.78 Å². The van der Waals surface area contributed by atoms with Gasteiger partial charge in [-0.05, 0) is 36.8 Å². The molecule has 27 heavy (non-hydrogen) atoms. The molecule has 0 saturated carbocycles. The number of ether oxygens (including phenoxy) is 3. The molecule has 0 unspecified atom stereocenters. The van der Waals surface area contributed by atoms with Gasteiger partial charge in [0.2, 0.25) is 0 Å². The molecular formula is C18H20F2N2O4S. The summed E-state index contributed by atoms with van der Waals surface area (Å²) >= 11 is 5.38. The Morgan fingerprint density at radius 2 is 2.11 bits per heavy atom. The zero-order chi connectivity index (χ0) is 20.1. The molecule has 0 fully saturated rings. The predicted molar refractivity (Wildman–Crippen MR) is 99.7 cm³/mol. The van der Waals surface area contributed by atoms with Crippen molar-refractivity contribution in [2.24, 2.45) is 0 Å². The van der Waals surface area contributed by atoms with E-state index in [4.69, 9.17) is 21.7 Å². The van der Waals surface area contributed by atoms with Crippen molar-refractivity contribution >= 4 is 23.3 Å². The number of rotatable bonds is 7. The van der Waals surface area contributed by atoms with Crippen LogP contribution >= 0.6 is 12.2 Å². The molecule has 1 aromatic rings. The maximum atomic E-state index is 12.7. The van der Waals surface area contributed by atoms with E-state index in [1.165, 1.54) is 26.4 Å². The Kier molecular flexibility index (Phi) is 6.73. The highest BCUT2D eigenvalue weighted by Crippen LogP contribution is 2.36. The monoisotopic (exact) mass is 398 g/mol. The van der Waals surface area contributed by atoms with Crippen LogP contribution in [0, 0.1) is 0 Å². The number of hydrogen-bond donors (Lipinski definition) is 1. The van der Waals surface area contributed by atoms with Gasteiger partial charge >= 0.3 is 12.6 Å². The maximum Gasteiger partial charge on any atom is 0.387 e. The van der Waals surface area contributed by atoms with Gasteiger partial charge in [0, 0.05) is 12.2 Å². The van der Waals surface area contributed by atoms with Gasteiger partial charge in [0.1, 0.15) is 0 Å². The molecule has 1 aliphatic heterocycles. The van der Waals surface area contributed by atoms with Crippen molar-refractivity contribution in [2.45, 2.75) is 19.6 Å². The van der Waals surface area contributed by atoms with Gasteiger partial charge in [0.25, 0.3) is 0 Å². The van der Waals surface area contributed by atoms with Crippen molar-refractivity contribution in [3.8, 4) is 11.5 Å². The van der Waals surface area contributed by atoms with Gasteiger partial charge in [-0.3, -0.25) is 0 Å². The molecule has 0 bridgehead atoms. The largest absolute Gasteiger partial charge is 0.493 e. The molecular weight excluding hydrogens is 378 g/mol. The number of nitrogens with one attached hydrogen (secondary N) is 1. The fourth-order valence-corrected chi connectivity index (χ4v) is 3.14. The number of carbonyl (C=O) groups is 1. The van der Waals surface area contributed by atoms with Crippen LogP contribution in [-0.2, 0) is 9.53 Å². The van der Waals surface area contributed by atoms with E-state index in [1.807, 2.05) is 0 Å². The summed E-state index contributed by atoms with van der Waals surface area (Å²) in [7, 11) is 2.61. The van der Waals surface area contributed by atoms with E-state index in [-0.39, 0.29) is 11.5 Å². The highest BCUT2D eigenvalue weighted by atomic mass is 32.1. The summed E-state index contributed by atoms with van der Waals surface area (Å²) in [5, 5.41) is 3.42. The van der Waals surface area contributed by atoms with E-state index in [2.05, 4.69) is 16.6 Å².